The molecule has 0 aromatic carbocycles. The Kier molecular flexibility index (Phi) is 2.86. The lowest BCUT2D eigenvalue weighted by atomic mass is 10.1. The average molecular weight is 210 g/mol. The third-order valence-electron chi connectivity index (χ3n) is 2.65. The molecule has 1 aromatic rings. The maximum atomic E-state index is 12.8. The molecule has 0 radical (unpaired) electrons. The maximum absolute atomic E-state index is 12.8. The van der Waals surface area contributed by atoms with Gasteiger partial charge in [-0.2, -0.15) is 4.39 Å². The van der Waals surface area contributed by atoms with Crippen molar-refractivity contribution in [2.75, 3.05) is 5.32 Å². The van der Waals surface area contributed by atoms with Crippen molar-refractivity contribution in [3.8, 4) is 0 Å². The fourth-order valence-electron chi connectivity index (χ4n) is 1.92. The minimum atomic E-state index is -0.459. The third-order valence-corrected chi connectivity index (χ3v) is 2.65. The molecule has 1 aliphatic heterocycles. The molecule has 0 spiro atoms. The van der Waals surface area contributed by atoms with Crippen LogP contribution < -0.4 is 5.32 Å². The fourth-order valence-corrected chi connectivity index (χ4v) is 1.92. The highest BCUT2D eigenvalue weighted by molar-refractivity contribution is 5.35. The molecule has 2 heterocycles. The van der Waals surface area contributed by atoms with Crippen LogP contribution in [-0.4, -0.2) is 23.2 Å². The summed E-state index contributed by atoms with van der Waals surface area (Å²) in [6.45, 7) is 4.05. The Labute approximate surface area is 88.7 Å². The van der Waals surface area contributed by atoms with Crippen molar-refractivity contribution in [3.63, 3.8) is 0 Å². The number of pyridine rings is 1. The van der Waals surface area contributed by atoms with E-state index in [0.717, 1.165) is 6.42 Å². The lowest BCUT2D eigenvalue weighted by Gasteiger charge is -2.16. The molecule has 1 fully saturated rings. The standard InChI is InChI=1S/C11H15FN2O/c1-7-6-9(8(2)15-7)13-11-5-3-4-10(12)14-11/h3-5,7-9H,6H2,1-2H3,(H,13,14). The van der Waals surface area contributed by atoms with Crippen LogP contribution in [0.3, 0.4) is 0 Å². The van der Waals surface area contributed by atoms with Gasteiger partial charge in [-0.05, 0) is 32.4 Å². The number of ether oxygens (including phenoxy) is 1. The molecule has 0 bridgehead atoms. The smallest absolute Gasteiger partial charge is 0.214 e. The summed E-state index contributed by atoms with van der Waals surface area (Å²) in [5, 5.41) is 3.19. The van der Waals surface area contributed by atoms with E-state index in [4.69, 9.17) is 4.74 Å². The molecule has 0 amide bonds. The summed E-state index contributed by atoms with van der Waals surface area (Å²) < 4.78 is 18.4. The van der Waals surface area contributed by atoms with Crippen LogP contribution in [-0.2, 0) is 4.74 Å². The predicted molar refractivity (Wildman–Crippen MR) is 56.2 cm³/mol. The minimum absolute atomic E-state index is 0.144. The van der Waals surface area contributed by atoms with Gasteiger partial charge < -0.3 is 10.1 Å². The lowest BCUT2D eigenvalue weighted by molar-refractivity contribution is 0.0650. The Balaban J connectivity index is 2.03. The Morgan fingerprint density at radius 1 is 1.47 bits per heavy atom. The maximum Gasteiger partial charge on any atom is 0.214 e. The number of hydrogen-bond donors (Lipinski definition) is 1. The molecule has 15 heavy (non-hydrogen) atoms. The van der Waals surface area contributed by atoms with Crippen LogP contribution in [0, 0.1) is 5.95 Å². The summed E-state index contributed by atoms with van der Waals surface area (Å²) in [6, 6.07) is 4.96. The monoisotopic (exact) mass is 210 g/mol. The zero-order chi connectivity index (χ0) is 10.8. The molecule has 4 heteroatoms. The number of halogens is 1. The zero-order valence-electron chi connectivity index (χ0n) is 8.90. The van der Waals surface area contributed by atoms with Crippen molar-refractivity contribution in [2.45, 2.75) is 38.5 Å². The first kappa shape index (κ1) is 10.4. The molecule has 0 saturated carbocycles. The molecule has 82 valence electrons. The number of nitrogens with zero attached hydrogens (tertiary/aromatic N) is 1. The Bertz CT molecular complexity index is 345. The van der Waals surface area contributed by atoms with Crippen LogP contribution >= 0.6 is 0 Å². The predicted octanol–water partition coefficient (Wildman–Crippen LogP) is 2.20. The quantitative estimate of drug-likeness (QED) is 0.760. The van der Waals surface area contributed by atoms with Gasteiger partial charge in [0, 0.05) is 0 Å². The molecule has 1 saturated heterocycles. The Morgan fingerprint density at radius 3 is 2.87 bits per heavy atom. The minimum Gasteiger partial charge on any atom is -0.373 e. The SMILES string of the molecule is CC1CC(Nc2cccc(F)n2)C(C)O1. The Hall–Kier alpha value is -1.16. The van der Waals surface area contributed by atoms with E-state index in [9.17, 15) is 4.39 Å². The van der Waals surface area contributed by atoms with E-state index >= 15 is 0 Å². The summed E-state index contributed by atoms with van der Waals surface area (Å²) in [5.41, 5.74) is 0. The summed E-state index contributed by atoms with van der Waals surface area (Å²) in [7, 11) is 0. The topological polar surface area (TPSA) is 34.2 Å². The van der Waals surface area contributed by atoms with Crippen molar-refractivity contribution in [3.05, 3.63) is 24.1 Å². The van der Waals surface area contributed by atoms with Gasteiger partial charge in [-0.15, -0.1) is 0 Å². The molecule has 1 aliphatic rings. The van der Waals surface area contributed by atoms with Crippen molar-refractivity contribution >= 4 is 5.82 Å². The van der Waals surface area contributed by atoms with Crippen LogP contribution in [0.2, 0.25) is 0 Å². The molecule has 3 atom stereocenters. The molecular formula is C11H15FN2O. The van der Waals surface area contributed by atoms with Gasteiger partial charge in [-0.1, -0.05) is 6.07 Å². The van der Waals surface area contributed by atoms with Gasteiger partial charge >= 0.3 is 0 Å². The highest BCUT2D eigenvalue weighted by Gasteiger charge is 2.29. The van der Waals surface area contributed by atoms with E-state index in [1.807, 2.05) is 13.8 Å². The molecule has 3 unspecified atom stereocenters. The highest BCUT2D eigenvalue weighted by Crippen LogP contribution is 2.22. The van der Waals surface area contributed by atoms with E-state index in [0.29, 0.717) is 5.82 Å². The van der Waals surface area contributed by atoms with Crippen LogP contribution in [0.15, 0.2) is 18.2 Å². The highest BCUT2D eigenvalue weighted by atomic mass is 19.1. The van der Waals surface area contributed by atoms with Gasteiger partial charge in [0.05, 0.1) is 18.2 Å². The second kappa shape index (κ2) is 4.14. The summed E-state index contributed by atoms with van der Waals surface area (Å²) in [4.78, 5) is 3.76. The third kappa shape index (κ3) is 2.45. The number of rotatable bonds is 2. The van der Waals surface area contributed by atoms with Crippen molar-refractivity contribution in [2.24, 2.45) is 0 Å². The van der Waals surface area contributed by atoms with Gasteiger partial charge in [0.15, 0.2) is 0 Å². The number of nitrogens with one attached hydrogen (secondary N) is 1. The van der Waals surface area contributed by atoms with Gasteiger partial charge in [0.2, 0.25) is 5.95 Å². The second-order valence-corrected chi connectivity index (χ2v) is 3.98. The van der Waals surface area contributed by atoms with Crippen LogP contribution in [0.5, 0.6) is 0 Å². The van der Waals surface area contributed by atoms with Gasteiger partial charge in [0.1, 0.15) is 5.82 Å². The first-order chi connectivity index (χ1) is 7.15. The van der Waals surface area contributed by atoms with E-state index in [1.54, 1.807) is 12.1 Å². The zero-order valence-corrected chi connectivity index (χ0v) is 8.90. The van der Waals surface area contributed by atoms with Crippen LogP contribution in [0.25, 0.3) is 0 Å². The van der Waals surface area contributed by atoms with E-state index in [2.05, 4.69) is 10.3 Å². The van der Waals surface area contributed by atoms with Gasteiger partial charge in [-0.25, -0.2) is 4.98 Å². The van der Waals surface area contributed by atoms with Crippen molar-refractivity contribution in [1.29, 1.82) is 0 Å². The van der Waals surface area contributed by atoms with E-state index in [1.165, 1.54) is 6.07 Å². The largest absolute Gasteiger partial charge is 0.373 e. The van der Waals surface area contributed by atoms with Crippen LogP contribution in [0.4, 0.5) is 10.2 Å². The number of aromatic nitrogens is 1. The summed E-state index contributed by atoms with van der Waals surface area (Å²) in [5.74, 6) is 0.115. The van der Waals surface area contributed by atoms with Crippen molar-refractivity contribution in [1.82, 2.24) is 4.98 Å². The van der Waals surface area contributed by atoms with Crippen molar-refractivity contribution < 1.29 is 9.13 Å². The van der Waals surface area contributed by atoms with E-state index < -0.39 is 5.95 Å². The number of anilines is 1. The van der Waals surface area contributed by atoms with Gasteiger partial charge in [0.25, 0.3) is 0 Å². The molecule has 2 rings (SSSR count). The molecule has 0 aliphatic carbocycles. The first-order valence-corrected chi connectivity index (χ1v) is 5.19. The van der Waals surface area contributed by atoms with E-state index in [-0.39, 0.29) is 18.2 Å². The summed E-state index contributed by atoms with van der Waals surface area (Å²) >= 11 is 0. The molecular weight excluding hydrogens is 195 g/mol. The lowest BCUT2D eigenvalue weighted by Crippen LogP contribution is -2.27. The normalized spacial score (nSPS) is 30.5. The fraction of sp³-hybridized carbons (Fsp3) is 0.545. The van der Waals surface area contributed by atoms with Gasteiger partial charge in [-0.3, -0.25) is 0 Å². The average Bonchev–Trinajstić information content (AvgIpc) is 2.45. The molecule has 1 aromatic heterocycles. The Morgan fingerprint density at radius 2 is 2.27 bits per heavy atom. The molecule has 3 nitrogen and oxygen atoms in total. The molecule has 1 N–H and O–H groups in total. The second-order valence-electron chi connectivity index (χ2n) is 3.98. The summed E-state index contributed by atoms with van der Waals surface area (Å²) in [6.07, 6.45) is 1.33. The first-order valence-electron chi connectivity index (χ1n) is 5.19. The number of hydrogen-bond acceptors (Lipinski definition) is 3. The van der Waals surface area contributed by atoms with Crippen LogP contribution in [0.1, 0.15) is 20.3 Å².